The average molecular weight is 425 g/mol. The molecule has 2 heterocycles. The van der Waals surface area contributed by atoms with Gasteiger partial charge in [0, 0.05) is 25.2 Å². The second-order valence-corrected chi connectivity index (χ2v) is 8.26. The third-order valence-corrected chi connectivity index (χ3v) is 5.79. The monoisotopic (exact) mass is 424 g/mol. The lowest BCUT2D eigenvalue weighted by atomic mass is 9.95. The van der Waals surface area contributed by atoms with Crippen molar-refractivity contribution in [3.8, 4) is 5.75 Å². The number of anilines is 3. The molecule has 31 heavy (non-hydrogen) atoms. The second kappa shape index (κ2) is 9.38. The summed E-state index contributed by atoms with van der Waals surface area (Å²) in [5, 5.41) is 6.66. The van der Waals surface area contributed by atoms with Crippen molar-refractivity contribution in [1.82, 2.24) is 19.5 Å². The number of nitrogens with one attached hydrogen (secondary N) is 2. The van der Waals surface area contributed by atoms with Crippen molar-refractivity contribution >= 4 is 28.6 Å². The van der Waals surface area contributed by atoms with Gasteiger partial charge in [-0.25, -0.2) is 4.98 Å². The van der Waals surface area contributed by atoms with Crippen LogP contribution in [0.1, 0.15) is 50.6 Å². The van der Waals surface area contributed by atoms with Crippen LogP contribution in [0.15, 0.2) is 24.5 Å². The minimum atomic E-state index is -0.00413. The molecule has 1 fully saturated rings. The molecule has 0 spiro atoms. The fourth-order valence-corrected chi connectivity index (χ4v) is 4.10. The molecular weight excluding hydrogens is 392 g/mol. The van der Waals surface area contributed by atoms with Crippen LogP contribution in [0.2, 0.25) is 0 Å². The van der Waals surface area contributed by atoms with Gasteiger partial charge in [0.05, 0.1) is 19.1 Å². The molecule has 0 amide bonds. The van der Waals surface area contributed by atoms with Gasteiger partial charge in [0.2, 0.25) is 5.95 Å². The number of aromatic nitrogens is 4. The summed E-state index contributed by atoms with van der Waals surface area (Å²) in [7, 11) is 1.62. The van der Waals surface area contributed by atoms with E-state index < -0.39 is 0 Å². The molecule has 9 nitrogen and oxygen atoms in total. The van der Waals surface area contributed by atoms with E-state index in [4.69, 9.17) is 21.2 Å². The van der Waals surface area contributed by atoms with Gasteiger partial charge in [-0.15, -0.1) is 0 Å². The van der Waals surface area contributed by atoms with Gasteiger partial charge in [-0.05, 0) is 31.4 Å². The quantitative estimate of drug-likeness (QED) is 0.405. The van der Waals surface area contributed by atoms with Gasteiger partial charge in [0.25, 0.3) is 0 Å². The lowest BCUT2D eigenvalue weighted by molar-refractivity contribution is 0.358. The number of para-hydroxylation sites is 1. The SMILES string of the molecule is COc1cccc(CNc2nc(NCC(C)N)nc3c2ncn3C2CCCCC2)c1N. The minimum Gasteiger partial charge on any atom is -0.495 e. The smallest absolute Gasteiger partial charge is 0.226 e. The first-order chi connectivity index (χ1) is 15.1. The molecule has 166 valence electrons. The third kappa shape index (κ3) is 4.66. The van der Waals surface area contributed by atoms with Crippen molar-refractivity contribution in [1.29, 1.82) is 0 Å². The maximum atomic E-state index is 6.24. The minimum absolute atomic E-state index is 0.00413. The topological polar surface area (TPSA) is 129 Å². The van der Waals surface area contributed by atoms with E-state index in [0.29, 0.717) is 42.3 Å². The Morgan fingerprint density at radius 3 is 2.74 bits per heavy atom. The number of imidazole rings is 1. The van der Waals surface area contributed by atoms with Crippen LogP contribution in [0.5, 0.6) is 5.75 Å². The van der Waals surface area contributed by atoms with Gasteiger partial charge in [-0.1, -0.05) is 31.4 Å². The van der Waals surface area contributed by atoms with E-state index in [9.17, 15) is 0 Å². The number of nitrogen functional groups attached to an aromatic ring is 1. The molecule has 1 aromatic carbocycles. The van der Waals surface area contributed by atoms with E-state index in [1.165, 1.54) is 19.3 Å². The molecule has 1 unspecified atom stereocenters. The summed E-state index contributed by atoms with van der Waals surface area (Å²) in [4.78, 5) is 14.1. The van der Waals surface area contributed by atoms with Crippen LogP contribution in [0.25, 0.3) is 11.2 Å². The molecule has 2 aromatic heterocycles. The van der Waals surface area contributed by atoms with Crippen LogP contribution in [-0.2, 0) is 6.54 Å². The van der Waals surface area contributed by atoms with Crippen LogP contribution in [-0.4, -0.2) is 39.2 Å². The maximum absolute atomic E-state index is 6.24. The number of ether oxygens (including phenoxy) is 1. The Morgan fingerprint density at radius 2 is 2.00 bits per heavy atom. The molecule has 0 saturated heterocycles. The molecule has 3 aromatic rings. The molecule has 1 aliphatic rings. The fraction of sp³-hybridized carbons (Fsp3) is 0.500. The number of nitrogens with zero attached hydrogens (tertiary/aromatic N) is 4. The Balaban J connectivity index is 1.66. The number of nitrogens with two attached hydrogens (primary N) is 2. The number of hydrogen-bond donors (Lipinski definition) is 4. The fourth-order valence-electron chi connectivity index (χ4n) is 4.10. The van der Waals surface area contributed by atoms with Gasteiger partial charge < -0.3 is 31.4 Å². The molecule has 1 saturated carbocycles. The predicted octanol–water partition coefficient (Wildman–Crippen LogP) is 3.29. The van der Waals surface area contributed by atoms with Crippen molar-refractivity contribution in [2.45, 2.75) is 57.7 Å². The number of fused-ring (bicyclic) bond motifs is 1. The predicted molar refractivity (Wildman–Crippen MR) is 124 cm³/mol. The molecule has 0 aliphatic heterocycles. The highest BCUT2D eigenvalue weighted by molar-refractivity contribution is 5.84. The maximum Gasteiger partial charge on any atom is 0.226 e. The molecule has 6 N–H and O–H groups in total. The Bertz CT molecular complexity index is 1030. The Morgan fingerprint density at radius 1 is 1.19 bits per heavy atom. The average Bonchev–Trinajstić information content (AvgIpc) is 3.21. The van der Waals surface area contributed by atoms with Crippen LogP contribution < -0.4 is 26.8 Å². The first-order valence-corrected chi connectivity index (χ1v) is 11.0. The van der Waals surface area contributed by atoms with E-state index in [1.54, 1.807) is 7.11 Å². The largest absolute Gasteiger partial charge is 0.495 e. The van der Waals surface area contributed by atoms with Crippen molar-refractivity contribution < 1.29 is 4.74 Å². The van der Waals surface area contributed by atoms with Gasteiger partial charge in [-0.3, -0.25) is 0 Å². The van der Waals surface area contributed by atoms with Gasteiger partial charge in [0.15, 0.2) is 17.0 Å². The van der Waals surface area contributed by atoms with E-state index >= 15 is 0 Å². The highest BCUT2D eigenvalue weighted by Crippen LogP contribution is 2.32. The molecule has 0 bridgehead atoms. The molecular formula is C22H32N8O. The summed E-state index contributed by atoms with van der Waals surface area (Å²) in [6, 6.07) is 6.17. The zero-order valence-corrected chi connectivity index (χ0v) is 18.3. The number of rotatable bonds is 8. The van der Waals surface area contributed by atoms with E-state index in [2.05, 4.69) is 25.2 Å². The van der Waals surface area contributed by atoms with Crippen LogP contribution in [0.3, 0.4) is 0 Å². The molecule has 9 heteroatoms. The second-order valence-electron chi connectivity index (χ2n) is 8.26. The van der Waals surface area contributed by atoms with Gasteiger partial charge >= 0.3 is 0 Å². The van der Waals surface area contributed by atoms with Crippen LogP contribution >= 0.6 is 0 Å². The summed E-state index contributed by atoms with van der Waals surface area (Å²) >= 11 is 0. The van der Waals surface area contributed by atoms with E-state index in [1.807, 2.05) is 31.5 Å². The number of benzene rings is 1. The van der Waals surface area contributed by atoms with Crippen molar-refractivity contribution in [2.75, 3.05) is 30.0 Å². The summed E-state index contributed by atoms with van der Waals surface area (Å²) in [6.45, 7) is 3.03. The van der Waals surface area contributed by atoms with Gasteiger partial charge in [0.1, 0.15) is 5.75 Å². The summed E-state index contributed by atoms with van der Waals surface area (Å²) in [5.74, 6) is 1.88. The standard InChI is InChI=1S/C22H32N8O/c1-14(23)11-26-22-28-20(25-12-15-7-6-10-17(31-2)18(15)24)19-21(29-22)30(13-27-19)16-8-4-3-5-9-16/h6-7,10,13-14,16H,3-5,8-9,11-12,23-24H2,1-2H3,(H2,25,26,28,29). The normalized spacial score (nSPS) is 15.7. The zero-order chi connectivity index (χ0) is 21.8. The summed E-state index contributed by atoms with van der Waals surface area (Å²) in [6.07, 6.45) is 7.99. The van der Waals surface area contributed by atoms with Gasteiger partial charge in [-0.2, -0.15) is 9.97 Å². The lowest BCUT2D eigenvalue weighted by Gasteiger charge is -2.23. The molecule has 0 radical (unpaired) electrons. The molecule has 1 aliphatic carbocycles. The van der Waals surface area contributed by atoms with E-state index in [0.717, 1.165) is 29.6 Å². The van der Waals surface area contributed by atoms with Crippen molar-refractivity contribution in [2.24, 2.45) is 5.73 Å². The Hall–Kier alpha value is -3.07. The first kappa shape index (κ1) is 21.2. The zero-order valence-electron chi connectivity index (χ0n) is 18.3. The Labute approximate surface area is 182 Å². The van der Waals surface area contributed by atoms with Crippen LogP contribution in [0, 0.1) is 0 Å². The van der Waals surface area contributed by atoms with Crippen LogP contribution in [0.4, 0.5) is 17.5 Å². The van der Waals surface area contributed by atoms with Crippen molar-refractivity contribution in [3.05, 3.63) is 30.1 Å². The van der Waals surface area contributed by atoms with Crippen molar-refractivity contribution in [3.63, 3.8) is 0 Å². The number of hydrogen-bond acceptors (Lipinski definition) is 8. The highest BCUT2D eigenvalue weighted by atomic mass is 16.5. The third-order valence-electron chi connectivity index (χ3n) is 5.79. The molecule has 1 atom stereocenters. The highest BCUT2D eigenvalue weighted by Gasteiger charge is 2.21. The summed E-state index contributed by atoms with van der Waals surface area (Å²) in [5.41, 5.74) is 15.3. The Kier molecular flexibility index (Phi) is 6.41. The molecule has 4 rings (SSSR count). The number of methoxy groups -OCH3 is 1. The first-order valence-electron chi connectivity index (χ1n) is 11.0. The lowest BCUT2D eigenvalue weighted by Crippen LogP contribution is -2.26. The summed E-state index contributed by atoms with van der Waals surface area (Å²) < 4.78 is 7.54. The van der Waals surface area contributed by atoms with E-state index in [-0.39, 0.29) is 6.04 Å².